The van der Waals surface area contributed by atoms with E-state index in [2.05, 4.69) is 0 Å². The highest BCUT2D eigenvalue weighted by Gasteiger charge is 2.34. The Balaban J connectivity index is 1.76. The van der Waals surface area contributed by atoms with Gasteiger partial charge in [0, 0.05) is 38.9 Å². The molecule has 3 nitrogen and oxygen atoms in total. The Labute approximate surface area is 109 Å². The number of hydrogen-bond donors (Lipinski definition) is 1. The van der Waals surface area contributed by atoms with Crippen LogP contribution in [-0.4, -0.2) is 36.1 Å². The van der Waals surface area contributed by atoms with Crippen LogP contribution in [0.3, 0.4) is 0 Å². The average Bonchev–Trinajstić information content (AvgIpc) is 2.40. The van der Waals surface area contributed by atoms with Crippen molar-refractivity contribution in [3.05, 3.63) is 0 Å². The summed E-state index contributed by atoms with van der Waals surface area (Å²) in [6.45, 7) is 1.16. The highest BCUT2D eigenvalue weighted by molar-refractivity contribution is 5.76. The monoisotopic (exact) mass is 256 g/mol. The van der Waals surface area contributed by atoms with Gasteiger partial charge in [0.1, 0.15) is 5.67 Å². The number of hydrogen-bond acceptors (Lipinski definition) is 2. The fraction of sp³-hybridized carbons (Fsp3) is 0.929. The van der Waals surface area contributed by atoms with Gasteiger partial charge in [0.2, 0.25) is 5.91 Å². The minimum Gasteiger partial charge on any atom is -0.342 e. The zero-order valence-electron chi connectivity index (χ0n) is 11.2. The maximum absolute atomic E-state index is 13.9. The van der Waals surface area contributed by atoms with Gasteiger partial charge in [-0.15, -0.1) is 0 Å². The van der Waals surface area contributed by atoms with Gasteiger partial charge in [0.15, 0.2) is 0 Å². The Kier molecular flexibility index (Phi) is 4.60. The standard InChI is InChI=1S/C14H25FN2O/c15-14(11-16)6-8-17(9-7-14)13(18)10-12-4-2-1-3-5-12/h12H,1-11,16H2. The Morgan fingerprint density at radius 1 is 1.22 bits per heavy atom. The molecule has 2 fully saturated rings. The van der Waals surface area contributed by atoms with Crippen molar-refractivity contribution < 1.29 is 9.18 Å². The summed E-state index contributed by atoms with van der Waals surface area (Å²) in [5.41, 5.74) is 4.20. The summed E-state index contributed by atoms with van der Waals surface area (Å²) in [5.74, 6) is 0.791. The van der Waals surface area contributed by atoms with Crippen molar-refractivity contribution in [1.29, 1.82) is 0 Å². The van der Waals surface area contributed by atoms with Crippen LogP contribution in [0.1, 0.15) is 51.4 Å². The van der Waals surface area contributed by atoms with Gasteiger partial charge < -0.3 is 10.6 Å². The fourth-order valence-corrected chi connectivity index (χ4v) is 3.13. The zero-order valence-corrected chi connectivity index (χ0v) is 11.2. The molecule has 2 N–H and O–H groups in total. The van der Waals surface area contributed by atoms with Gasteiger partial charge in [-0.1, -0.05) is 19.3 Å². The molecule has 1 aliphatic heterocycles. The molecule has 1 saturated carbocycles. The van der Waals surface area contributed by atoms with Crippen molar-refractivity contribution in [3.63, 3.8) is 0 Å². The predicted octanol–water partition coefficient (Wildman–Crippen LogP) is 2.25. The molecule has 0 aromatic carbocycles. The average molecular weight is 256 g/mol. The van der Waals surface area contributed by atoms with Gasteiger partial charge in [-0.25, -0.2) is 4.39 Å². The summed E-state index contributed by atoms with van der Waals surface area (Å²) >= 11 is 0. The van der Waals surface area contributed by atoms with Gasteiger partial charge in [0.25, 0.3) is 0 Å². The molecule has 104 valence electrons. The molecule has 0 aromatic heterocycles. The normalized spacial score (nSPS) is 25.1. The Morgan fingerprint density at radius 3 is 2.39 bits per heavy atom. The lowest BCUT2D eigenvalue weighted by Crippen LogP contribution is -2.48. The second-order valence-electron chi connectivity index (χ2n) is 5.94. The van der Waals surface area contributed by atoms with Crippen molar-refractivity contribution >= 4 is 5.91 Å². The highest BCUT2D eigenvalue weighted by atomic mass is 19.1. The number of nitrogens with two attached hydrogens (primary N) is 1. The maximum Gasteiger partial charge on any atom is 0.222 e. The third-order valence-electron chi connectivity index (χ3n) is 4.57. The summed E-state index contributed by atoms with van der Waals surface area (Å²) in [6, 6.07) is 0. The number of piperidine rings is 1. The van der Waals surface area contributed by atoms with Crippen molar-refractivity contribution in [1.82, 2.24) is 4.90 Å². The topological polar surface area (TPSA) is 46.3 Å². The zero-order chi connectivity index (χ0) is 13.0. The fourth-order valence-electron chi connectivity index (χ4n) is 3.13. The van der Waals surface area contributed by atoms with Crippen LogP contribution in [0.5, 0.6) is 0 Å². The molecule has 0 radical (unpaired) electrons. The van der Waals surface area contributed by atoms with E-state index in [-0.39, 0.29) is 12.5 Å². The van der Waals surface area contributed by atoms with E-state index in [1.54, 1.807) is 0 Å². The molecule has 0 bridgehead atoms. The van der Waals surface area contributed by atoms with Crippen LogP contribution in [-0.2, 0) is 4.79 Å². The van der Waals surface area contributed by atoms with Crippen molar-refractivity contribution in [2.45, 2.75) is 57.0 Å². The van der Waals surface area contributed by atoms with Crippen LogP contribution in [0.4, 0.5) is 4.39 Å². The van der Waals surface area contributed by atoms with Crippen LogP contribution in [0.2, 0.25) is 0 Å². The number of nitrogens with zero attached hydrogens (tertiary/aromatic N) is 1. The van der Waals surface area contributed by atoms with Gasteiger partial charge in [0.05, 0.1) is 0 Å². The van der Waals surface area contributed by atoms with E-state index in [0.29, 0.717) is 38.3 Å². The smallest absolute Gasteiger partial charge is 0.222 e. The quantitative estimate of drug-likeness (QED) is 0.842. The van der Waals surface area contributed by atoms with E-state index < -0.39 is 5.67 Å². The first-order valence-corrected chi connectivity index (χ1v) is 7.30. The number of likely N-dealkylation sites (tertiary alicyclic amines) is 1. The summed E-state index contributed by atoms with van der Waals surface area (Å²) in [6.07, 6.45) is 7.69. The van der Waals surface area contributed by atoms with E-state index in [9.17, 15) is 9.18 Å². The molecule has 18 heavy (non-hydrogen) atoms. The van der Waals surface area contributed by atoms with E-state index in [1.807, 2.05) is 4.90 Å². The largest absolute Gasteiger partial charge is 0.342 e. The summed E-state index contributed by atoms with van der Waals surface area (Å²) in [5, 5.41) is 0. The molecular weight excluding hydrogens is 231 g/mol. The van der Waals surface area contributed by atoms with Crippen LogP contribution in [0.15, 0.2) is 0 Å². The van der Waals surface area contributed by atoms with Crippen LogP contribution >= 0.6 is 0 Å². The molecule has 1 heterocycles. The molecule has 1 saturated heterocycles. The molecule has 0 aromatic rings. The predicted molar refractivity (Wildman–Crippen MR) is 69.9 cm³/mol. The molecule has 2 rings (SSSR count). The Morgan fingerprint density at radius 2 is 1.83 bits per heavy atom. The molecule has 4 heteroatoms. The van der Waals surface area contributed by atoms with Crippen LogP contribution in [0.25, 0.3) is 0 Å². The van der Waals surface area contributed by atoms with E-state index in [1.165, 1.54) is 32.1 Å². The molecule has 1 aliphatic carbocycles. The SMILES string of the molecule is NCC1(F)CCN(C(=O)CC2CCCCC2)CC1. The van der Waals surface area contributed by atoms with Gasteiger partial charge in [-0.3, -0.25) is 4.79 Å². The third kappa shape index (κ3) is 3.44. The summed E-state index contributed by atoms with van der Waals surface area (Å²) in [4.78, 5) is 14.0. The second-order valence-corrected chi connectivity index (χ2v) is 5.94. The maximum atomic E-state index is 13.9. The molecule has 0 unspecified atom stereocenters. The number of halogens is 1. The molecular formula is C14H25FN2O. The van der Waals surface area contributed by atoms with Gasteiger partial charge in [-0.2, -0.15) is 0 Å². The highest BCUT2D eigenvalue weighted by Crippen LogP contribution is 2.29. The molecule has 0 atom stereocenters. The summed E-state index contributed by atoms with van der Waals surface area (Å²) < 4.78 is 13.9. The first kappa shape index (κ1) is 13.8. The number of amides is 1. The Hall–Kier alpha value is -0.640. The van der Waals surface area contributed by atoms with Crippen molar-refractivity contribution in [3.8, 4) is 0 Å². The first-order chi connectivity index (χ1) is 8.63. The lowest BCUT2D eigenvalue weighted by atomic mass is 9.86. The molecule has 1 amide bonds. The van der Waals surface area contributed by atoms with E-state index >= 15 is 0 Å². The van der Waals surface area contributed by atoms with Crippen molar-refractivity contribution in [2.75, 3.05) is 19.6 Å². The summed E-state index contributed by atoms with van der Waals surface area (Å²) in [7, 11) is 0. The second kappa shape index (κ2) is 6.00. The lowest BCUT2D eigenvalue weighted by molar-refractivity contribution is -0.135. The van der Waals surface area contributed by atoms with Gasteiger partial charge >= 0.3 is 0 Å². The first-order valence-electron chi connectivity index (χ1n) is 7.30. The van der Waals surface area contributed by atoms with Crippen molar-refractivity contribution in [2.24, 2.45) is 11.7 Å². The number of rotatable bonds is 3. The minimum atomic E-state index is -1.23. The molecule has 2 aliphatic rings. The Bertz CT molecular complexity index is 282. The van der Waals surface area contributed by atoms with Gasteiger partial charge in [-0.05, 0) is 18.8 Å². The lowest BCUT2D eigenvalue weighted by Gasteiger charge is -2.36. The third-order valence-corrected chi connectivity index (χ3v) is 4.57. The minimum absolute atomic E-state index is 0.0810. The van der Waals surface area contributed by atoms with Crippen LogP contribution < -0.4 is 5.73 Å². The number of carbonyl (C=O) groups excluding carboxylic acids is 1. The number of carbonyl (C=O) groups is 1. The molecule has 0 spiro atoms. The van der Waals surface area contributed by atoms with E-state index in [4.69, 9.17) is 5.73 Å². The number of alkyl halides is 1. The van der Waals surface area contributed by atoms with Crippen LogP contribution in [0, 0.1) is 5.92 Å². The van der Waals surface area contributed by atoms with E-state index in [0.717, 1.165) is 0 Å².